The van der Waals surface area contributed by atoms with Crippen molar-refractivity contribution in [3.8, 4) is 5.75 Å². The van der Waals surface area contributed by atoms with Gasteiger partial charge in [0, 0.05) is 36.6 Å². The van der Waals surface area contributed by atoms with Crippen LogP contribution in [0.25, 0.3) is 0 Å². The zero-order valence-corrected chi connectivity index (χ0v) is 17.6. The minimum Gasteiger partial charge on any atom is -0.497 e. The van der Waals surface area contributed by atoms with Crippen molar-refractivity contribution in [1.82, 2.24) is 15.2 Å². The average molecular weight is 428 g/mol. The molecule has 2 fully saturated rings. The van der Waals surface area contributed by atoms with Gasteiger partial charge in [-0.05, 0) is 31.3 Å². The van der Waals surface area contributed by atoms with Gasteiger partial charge in [-0.3, -0.25) is 9.88 Å². The van der Waals surface area contributed by atoms with E-state index in [4.69, 9.17) is 14.2 Å². The molecule has 1 aromatic carbocycles. The number of carbonyl (C=O) groups is 1. The number of methoxy groups -OCH3 is 1. The summed E-state index contributed by atoms with van der Waals surface area (Å²) in [7, 11) is 3.48. The van der Waals surface area contributed by atoms with E-state index in [1.165, 1.54) is 0 Å². The predicted octanol–water partition coefficient (Wildman–Crippen LogP) is 1.24. The fraction of sp³-hybridized carbons (Fsp3) is 0.455. The number of hydrogen-bond donors (Lipinski definition) is 3. The molecular weight excluding hydrogens is 400 g/mol. The molecule has 0 spiro atoms. The van der Waals surface area contributed by atoms with Crippen LogP contribution in [-0.2, 0) is 15.9 Å². The third-order valence-electron chi connectivity index (χ3n) is 5.71. The molecule has 0 radical (unpaired) electrons. The molecule has 0 aliphatic carbocycles. The van der Waals surface area contributed by atoms with E-state index in [1.54, 1.807) is 37.6 Å². The Bertz CT molecular complexity index is 883. The summed E-state index contributed by atoms with van der Waals surface area (Å²) in [5.41, 5.74) is 1.56. The van der Waals surface area contributed by atoms with Gasteiger partial charge in [0.25, 0.3) is 0 Å². The van der Waals surface area contributed by atoms with E-state index in [0.717, 1.165) is 12.1 Å². The number of likely N-dealkylation sites (N-methyl/N-ethyl adjacent to an activating group) is 1. The number of urea groups is 1. The maximum absolute atomic E-state index is 12.6. The second kappa shape index (κ2) is 9.61. The lowest BCUT2D eigenvalue weighted by atomic mass is 9.95. The van der Waals surface area contributed by atoms with Crippen LogP contribution in [0.3, 0.4) is 0 Å². The number of rotatable bonds is 7. The highest BCUT2D eigenvalue weighted by Gasteiger charge is 2.51. The number of aliphatic hydroxyl groups excluding tert-OH is 1. The number of fused-ring (bicyclic) bond motifs is 2. The highest BCUT2D eigenvalue weighted by molar-refractivity contribution is 5.89. The number of ether oxygens (including phenoxy) is 3. The summed E-state index contributed by atoms with van der Waals surface area (Å²) in [6, 6.07) is 11.4. The van der Waals surface area contributed by atoms with E-state index in [2.05, 4.69) is 15.6 Å². The predicted molar refractivity (Wildman–Crippen MR) is 114 cm³/mol. The second-order valence-electron chi connectivity index (χ2n) is 7.77. The Hall–Kier alpha value is -2.72. The number of amides is 2. The fourth-order valence-corrected chi connectivity index (χ4v) is 4.05. The van der Waals surface area contributed by atoms with Crippen molar-refractivity contribution in [2.75, 3.05) is 32.6 Å². The summed E-state index contributed by atoms with van der Waals surface area (Å²) in [6.45, 7) is 0.978. The number of aromatic nitrogens is 1. The molecule has 31 heavy (non-hydrogen) atoms. The lowest BCUT2D eigenvalue weighted by Crippen LogP contribution is -2.65. The fourth-order valence-electron chi connectivity index (χ4n) is 4.05. The maximum atomic E-state index is 12.6. The van der Waals surface area contributed by atoms with Gasteiger partial charge in [0.2, 0.25) is 0 Å². The normalized spacial score (nSPS) is 27.2. The first-order chi connectivity index (χ1) is 15.0. The third-order valence-corrected chi connectivity index (χ3v) is 5.71. The van der Waals surface area contributed by atoms with Gasteiger partial charge < -0.3 is 30.0 Å². The molecule has 5 unspecified atom stereocenters. The molecule has 2 aliphatic rings. The van der Waals surface area contributed by atoms with Gasteiger partial charge in [0.05, 0.1) is 31.9 Å². The average Bonchev–Trinajstić information content (AvgIpc) is 3.21. The Kier molecular flexibility index (Phi) is 6.67. The highest BCUT2D eigenvalue weighted by Crippen LogP contribution is 2.31. The van der Waals surface area contributed by atoms with Crippen LogP contribution in [0, 0.1) is 0 Å². The van der Waals surface area contributed by atoms with E-state index < -0.39 is 36.6 Å². The van der Waals surface area contributed by atoms with Crippen LogP contribution in [0.2, 0.25) is 0 Å². The van der Waals surface area contributed by atoms with Crippen LogP contribution < -0.4 is 15.4 Å². The summed E-state index contributed by atoms with van der Waals surface area (Å²) in [5.74, 6) is 0.639. The molecule has 2 bridgehead atoms. The lowest BCUT2D eigenvalue weighted by molar-refractivity contribution is -0.176. The monoisotopic (exact) mass is 428 g/mol. The SMILES string of the molecule is COc1cccc(NC(=O)NC2C3COC(O3)C(N(C)CCc3ccccn3)C2O)c1. The standard InChI is InChI=1S/C22H28N4O5/c1-26(11-9-14-6-3-4-10-23-14)19-20(27)18(17-13-30-21(19)31-17)25-22(28)24-15-7-5-8-16(12-15)29-2/h3-8,10,12,17-21,27H,9,11,13H2,1-2H3,(H2,24,25,28). The van der Waals surface area contributed by atoms with Gasteiger partial charge >= 0.3 is 6.03 Å². The van der Waals surface area contributed by atoms with Crippen LogP contribution >= 0.6 is 0 Å². The smallest absolute Gasteiger partial charge is 0.319 e. The number of anilines is 1. The molecule has 9 nitrogen and oxygen atoms in total. The lowest BCUT2D eigenvalue weighted by Gasteiger charge is -2.42. The molecule has 2 aliphatic heterocycles. The third kappa shape index (κ3) is 4.96. The zero-order chi connectivity index (χ0) is 21.8. The van der Waals surface area contributed by atoms with Crippen LogP contribution in [0.1, 0.15) is 5.69 Å². The molecule has 2 amide bonds. The first-order valence-corrected chi connectivity index (χ1v) is 10.3. The Morgan fingerprint density at radius 1 is 1.32 bits per heavy atom. The van der Waals surface area contributed by atoms with E-state index in [-0.39, 0.29) is 0 Å². The van der Waals surface area contributed by atoms with Crippen molar-refractivity contribution in [3.63, 3.8) is 0 Å². The molecule has 9 heteroatoms. The molecule has 5 atom stereocenters. The Morgan fingerprint density at radius 2 is 2.19 bits per heavy atom. The molecule has 2 aromatic rings. The van der Waals surface area contributed by atoms with E-state index in [9.17, 15) is 9.90 Å². The second-order valence-corrected chi connectivity index (χ2v) is 7.77. The van der Waals surface area contributed by atoms with Gasteiger partial charge in [-0.15, -0.1) is 0 Å². The zero-order valence-electron chi connectivity index (χ0n) is 17.6. The molecule has 2 saturated heterocycles. The number of aliphatic hydroxyl groups is 1. The van der Waals surface area contributed by atoms with Gasteiger partial charge in [0.1, 0.15) is 11.9 Å². The summed E-state index contributed by atoms with van der Waals surface area (Å²) >= 11 is 0. The minimum absolute atomic E-state index is 0.316. The number of carbonyl (C=O) groups excluding carboxylic acids is 1. The first-order valence-electron chi connectivity index (χ1n) is 10.3. The van der Waals surface area contributed by atoms with Crippen molar-refractivity contribution < 1.29 is 24.1 Å². The van der Waals surface area contributed by atoms with Gasteiger partial charge in [-0.2, -0.15) is 0 Å². The van der Waals surface area contributed by atoms with Crippen LogP contribution in [0.5, 0.6) is 5.75 Å². The van der Waals surface area contributed by atoms with Crippen molar-refractivity contribution in [3.05, 3.63) is 54.4 Å². The molecule has 3 N–H and O–H groups in total. The Labute approximate surface area is 181 Å². The molecular formula is C22H28N4O5. The van der Waals surface area contributed by atoms with Gasteiger partial charge in [-0.25, -0.2) is 4.79 Å². The summed E-state index contributed by atoms with van der Waals surface area (Å²) in [6.07, 6.45) is 0.700. The summed E-state index contributed by atoms with van der Waals surface area (Å²) in [4.78, 5) is 18.9. The minimum atomic E-state index is -0.851. The topological polar surface area (TPSA) is 105 Å². The molecule has 3 heterocycles. The Balaban J connectivity index is 1.39. The van der Waals surface area contributed by atoms with Crippen LogP contribution in [0.4, 0.5) is 10.5 Å². The van der Waals surface area contributed by atoms with E-state index in [0.29, 0.717) is 24.6 Å². The maximum Gasteiger partial charge on any atom is 0.319 e. The number of pyridine rings is 1. The highest BCUT2D eigenvalue weighted by atomic mass is 16.7. The molecule has 166 valence electrons. The summed E-state index contributed by atoms with van der Waals surface area (Å²) < 4.78 is 16.9. The largest absolute Gasteiger partial charge is 0.497 e. The van der Waals surface area contributed by atoms with Gasteiger partial charge in [-0.1, -0.05) is 12.1 Å². The summed E-state index contributed by atoms with van der Waals surface area (Å²) in [5, 5.41) is 16.7. The first kappa shape index (κ1) is 21.5. The van der Waals surface area contributed by atoms with Crippen LogP contribution in [0.15, 0.2) is 48.7 Å². The van der Waals surface area contributed by atoms with E-state index >= 15 is 0 Å². The van der Waals surface area contributed by atoms with Crippen molar-refractivity contribution in [2.45, 2.75) is 37.0 Å². The van der Waals surface area contributed by atoms with Crippen molar-refractivity contribution in [2.24, 2.45) is 0 Å². The van der Waals surface area contributed by atoms with Crippen molar-refractivity contribution >= 4 is 11.7 Å². The number of nitrogens with zero attached hydrogens (tertiary/aromatic N) is 2. The number of nitrogens with one attached hydrogen (secondary N) is 2. The van der Waals surface area contributed by atoms with Crippen molar-refractivity contribution in [1.29, 1.82) is 0 Å². The number of hydrogen-bond acceptors (Lipinski definition) is 7. The molecule has 0 saturated carbocycles. The quantitative estimate of drug-likeness (QED) is 0.609. The Morgan fingerprint density at radius 3 is 2.97 bits per heavy atom. The van der Waals surface area contributed by atoms with E-state index in [1.807, 2.05) is 30.1 Å². The van der Waals surface area contributed by atoms with Gasteiger partial charge in [0.15, 0.2) is 6.29 Å². The molecule has 1 aromatic heterocycles. The number of benzene rings is 1. The van der Waals surface area contributed by atoms with Crippen LogP contribution in [-0.4, -0.2) is 78.9 Å². The molecule has 4 rings (SSSR count).